The van der Waals surface area contributed by atoms with Crippen LogP contribution in [0.25, 0.3) is 0 Å². The van der Waals surface area contributed by atoms with Gasteiger partial charge in [-0.1, -0.05) is 48.5 Å². The van der Waals surface area contributed by atoms with Crippen LogP contribution in [-0.2, 0) is 0 Å². The molecule has 1 atom stereocenters. The molecule has 0 amide bonds. The lowest BCUT2D eigenvalue weighted by molar-refractivity contribution is 0.304. The van der Waals surface area contributed by atoms with Gasteiger partial charge in [0.15, 0.2) is 5.84 Å². The maximum atomic E-state index is 4.71. The number of hydrogen-bond donors (Lipinski definition) is 0. The van der Waals surface area contributed by atoms with Crippen molar-refractivity contribution in [1.82, 2.24) is 5.01 Å². The summed E-state index contributed by atoms with van der Waals surface area (Å²) in [5, 5.41) is 6.72. The Morgan fingerprint density at radius 1 is 0.950 bits per heavy atom. The molecule has 2 aromatic carbocycles. The predicted octanol–water partition coefficient (Wildman–Crippen LogP) is 3.45. The Morgan fingerprint density at radius 2 is 1.60 bits per heavy atom. The zero-order valence-electron chi connectivity index (χ0n) is 12.1. The number of rotatable bonds is 2. The maximum absolute atomic E-state index is 4.71. The number of nitrogens with zero attached hydrogens (tertiary/aromatic N) is 3. The van der Waals surface area contributed by atoms with Gasteiger partial charge in [-0.2, -0.15) is 5.10 Å². The van der Waals surface area contributed by atoms with Gasteiger partial charge < -0.3 is 4.90 Å². The number of benzene rings is 2. The normalized spacial score (nSPS) is 18.4. The quantitative estimate of drug-likeness (QED) is 0.828. The van der Waals surface area contributed by atoms with E-state index in [-0.39, 0.29) is 6.17 Å². The van der Waals surface area contributed by atoms with Crippen LogP contribution >= 0.6 is 0 Å². The van der Waals surface area contributed by atoms with Crippen LogP contribution in [0.1, 0.15) is 18.1 Å². The van der Waals surface area contributed by atoms with E-state index in [1.54, 1.807) is 0 Å². The summed E-state index contributed by atoms with van der Waals surface area (Å²) < 4.78 is 0. The molecule has 0 aliphatic carbocycles. The highest BCUT2D eigenvalue weighted by atomic mass is 15.6. The molecule has 2 aromatic rings. The van der Waals surface area contributed by atoms with E-state index in [4.69, 9.17) is 5.10 Å². The largest absolute Gasteiger partial charge is 0.302 e. The molecule has 0 aromatic heterocycles. The molecule has 1 unspecified atom stereocenters. The van der Waals surface area contributed by atoms with E-state index in [1.165, 1.54) is 11.3 Å². The van der Waals surface area contributed by atoms with Gasteiger partial charge in [-0.3, -0.25) is 5.01 Å². The number of hydrogen-bond acceptors (Lipinski definition) is 3. The third-order valence-electron chi connectivity index (χ3n) is 3.80. The second kappa shape index (κ2) is 5.00. The van der Waals surface area contributed by atoms with Crippen molar-refractivity contribution in [1.29, 1.82) is 0 Å². The third-order valence-corrected chi connectivity index (χ3v) is 3.80. The Hall–Kier alpha value is -2.29. The second-order valence-corrected chi connectivity index (χ2v) is 5.15. The van der Waals surface area contributed by atoms with Gasteiger partial charge in [0.1, 0.15) is 6.17 Å². The smallest absolute Gasteiger partial charge is 0.162 e. The van der Waals surface area contributed by atoms with Gasteiger partial charge in [0, 0.05) is 18.3 Å². The molecular weight excluding hydrogens is 246 g/mol. The molecule has 0 spiro atoms. The van der Waals surface area contributed by atoms with E-state index in [0.717, 1.165) is 11.4 Å². The van der Waals surface area contributed by atoms with E-state index >= 15 is 0 Å². The topological polar surface area (TPSA) is 18.8 Å². The lowest BCUT2D eigenvalue weighted by Gasteiger charge is -2.28. The van der Waals surface area contributed by atoms with E-state index in [2.05, 4.69) is 67.3 Å². The molecule has 0 radical (unpaired) electrons. The molecule has 20 heavy (non-hydrogen) atoms. The van der Waals surface area contributed by atoms with Crippen molar-refractivity contribution >= 4 is 11.5 Å². The average Bonchev–Trinajstić information content (AvgIpc) is 2.77. The number of amidine groups is 1. The van der Waals surface area contributed by atoms with Crippen LogP contribution in [0.5, 0.6) is 0 Å². The summed E-state index contributed by atoms with van der Waals surface area (Å²) in [6.07, 6.45) is 0.214. The monoisotopic (exact) mass is 265 g/mol. The number of hydrazone groups is 1. The lowest BCUT2D eigenvalue weighted by Crippen LogP contribution is -2.39. The minimum atomic E-state index is 0.214. The first-order chi connectivity index (χ1) is 9.68. The molecule has 0 saturated carbocycles. The molecule has 102 valence electrons. The van der Waals surface area contributed by atoms with Gasteiger partial charge in [-0.05, 0) is 25.5 Å². The Balaban J connectivity index is 2.09. The molecule has 3 heteroatoms. The first-order valence-corrected chi connectivity index (χ1v) is 6.90. The van der Waals surface area contributed by atoms with Crippen molar-refractivity contribution in [2.45, 2.75) is 20.0 Å². The third kappa shape index (κ3) is 2.05. The fraction of sp³-hybridized carbons (Fsp3) is 0.235. The van der Waals surface area contributed by atoms with Gasteiger partial charge in [0.05, 0.1) is 0 Å². The minimum absolute atomic E-state index is 0.214. The van der Waals surface area contributed by atoms with Crippen LogP contribution in [0.15, 0.2) is 59.7 Å². The molecule has 1 aliphatic heterocycles. The second-order valence-electron chi connectivity index (χ2n) is 5.15. The summed E-state index contributed by atoms with van der Waals surface area (Å²) in [5.41, 5.74) is 3.62. The van der Waals surface area contributed by atoms with Gasteiger partial charge >= 0.3 is 0 Å². The van der Waals surface area contributed by atoms with Crippen LogP contribution in [0.4, 0.5) is 5.69 Å². The maximum Gasteiger partial charge on any atom is 0.162 e. The average molecular weight is 265 g/mol. The summed E-state index contributed by atoms with van der Waals surface area (Å²) in [4.78, 5) is 2.30. The van der Waals surface area contributed by atoms with Gasteiger partial charge in [-0.15, -0.1) is 0 Å². The molecule has 0 fully saturated rings. The molecule has 1 aliphatic rings. The van der Waals surface area contributed by atoms with E-state index in [1.807, 2.05) is 18.1 Å². The van der Waals surface area contributed by atoms with Crippen molar-refractivity contribution in [3.8, 4) is 0 Å². The highest BCUT2D eigenvalue weighted by molar-refractivity contribution is 6.11. The van der Waals surface area contributed by atoms with Crippen molar-refractivity contribution in [3.63, 3.8) is 0 Å². The van der Waals surface area contributed by atoms with Gasteiger partial charge in [-0.25, -0.2) is 0 Å². The molecule has 3 nitrogen and oxygen atoms in total. The van der Waals surface area contributed by atoms with E-state index in [9.17, 15) is 0 Å². The standard InChI is InChI=1S/C17H19N3/c1-13-9-7-8-12-16(13)20-14(2)19(3)18-17(20)15-10-5-4-6-11-15/h4-12,14H,1-3H3. The summed E-state index contributed by atoms with van der Waals surface area (Å²) in [6.45, 7) is 4.31. The van der Waals surface area contributed by atoms with Crippen molar-refractivity contribution in [2.75, 3.05) is 11.9 Å². The Kier molecular flexibility index (Phi) is 3.18. The Morgan fingerprint density at radius 3 is 2.30 bits per heavy atom. The zero-order chi connectivity index (χ0) is 14.1. The summed E-state index contributed by atoms with van der Waals surface area (Å²) >= 11 is 0. The Labute approximate surface area is 120 Å². The van der Waals surface area contributed by atoms with Crippen LogP contribution < -0.4 is 4.90 Å². The zero-order valence-corrected chi connectivity index (χ0v) is 12.1. The summed E-state index contributed by atoms with van der Waals surface area (Å²) in [5.74, 6) is 1.01. The SMILES string of the molecule is Cc1ccccc1N1C(c2ccccc2)=NN(C)C1C. The highest BCUT2D eigenvalue weighted by Gasteiger charge is 2.31. The fourth-order valence-corrected chi connectivity index (χ4v) is 2.56. The van der Waals surface area contributed by atoms with E-state index < -0.39 is 0 Å². The molecule has 0 N–H and O–H groups in total. The molecule has 3 rings (SSSR count). The number of aryl methyl sites for hydroxylation is 1. The molecule has 0 saturated heterocycles. The fourth-order valence-electron chi connectivity index (χ4n) is 2.56. The summed E-state index contributed by atoms with van der Waals surface area (Å²) in [6, 6.07) is 18.8. The number of para-hydroxylation sites is 1. The minimum Gasteiger partial charge on any atom is -0.302 e. The first-order valence-electron chi connectivity index (χ1n) is 6.90. The predicted molar refractivity (Wildman–Crippen MR) is 83.9 cm³/mol. The molecule has 1 heterocycles. The highest BCUT2D eigenvalue weighted by Crippen LogP contribution is 2.29. The summed E-state index contributed by atoms with van der Waals surface area (Å²) in [7, 11) is 2.02. The van der Waals surface area contributed by atoms with Crippen LogP contribution in [0, 0.1) is 6.92 Å². The molecule has 0 bridgehead atoms. The van der Waals surface area contributed by atoms with E-state index in [0.29, 0.717) is 0 Å². The van der Waals surface area contributed by atoms with Crippen LogP contribution in [-0.4, -0.2) is 24.1 Å². The van der Waals surface area contributed by atoms with Crippen molar-refractivity contribution in [3.05, 3.63) is 65.7 Å². The van der Waals surface area contributed by atoms with Gasteiger partial charge in [0.2, 0.25) is 0 Å². The Bertz CT molecular complexity index is 634. The van der Waals surface area contributed by atoms with Gasteiger partial charge in [0.25, 0.3) is 0 Å². The van der Waals surface area contributed by atoms with Crippen LogP contribution in [0.2, 0.25) is 0 Å². The van der Waals surface area contributed by atoms with Crippen molar-refractivity contribution in [2.24, 2.45) is 5.10 Å². The first kappa shape index (κ1) is 12.7. The van der Waals surface area contributed by atoms with Crippen molar-refractivity contribution < 1.29 is 0 Å². The molecular formula is C17H19N3. The number of anilines is 1. The lowest BCUT2D eigenvalue weighted by atomic mass is 10.1. The van der Waals surface area contributed by atoms with Crippen LogP contribution in [0.3, 0.4) is 0 Å².